The lowest BCUT2D eigenvalue weighted by Gasteiger charge is -1.98. The molecule has 3 nitrogen and oxygen atoms in total. The fraction of sp³-hybridized carbons (Fsp3) is 0.0625. The monoisotopic (exact) mass is 284 g/mol. The van der Waals surface area contributed by atoms with E-state index in [2.05, 4.69) is 9.98 Å². The van der Waals surface area contributed by atoms with Gasteiger partial charge in [-0.1, -0.05) is 29.8 Å². The van der Waals surface area contributed by atoms with Gasteiger partial charge in [-0.15, -0.1) is 0 Å². The summed E-state index contributed by atoms with van der Waals surface area (Å²) in [4.78, 5) is 7.35. The van der Waals surface area contributed by atoms with Crippen LogP contribution in [0.1, 0.15) is 11.1 Å². The van der Waals surface area contributed by atoms with Gasteiger partial charge in [-0.25, -0.2) is 0 Å². The van der Waals surface area contributed by atoms with Crippen molar-refractivity contribution in [1.29, 1.82) is 0 Å². The maximum absolute atomic E-state index is 9.98. The molecule has 2 aromatic carbocycles. The third kappa shape index (κ3) is 2.28. The molecule has 0 bridgehead atoms. The quantitative estimate of drug-likeness (QED) is 0.665. The number of fused-ring (bicyclic) bond motifs is 1. The molecule has 0 unspecified atom stereocenters. The molecule has 0 radical (unpaired) electrons. The molecule has 2 N–H and O–H groups in total. The molecule has 0 amide bonds. The standard InChI is InChI=1S/C16H13ClN2O/c1-10-4-2-3-5-14(10)18-9-13-12-8-11(17)6-7-15(12)19-16(13)20/h2-9,19-20H,1H3. The molecule has 1 aromatic heterocycles. The van der Waals surface area contributed by atoms with Gasteiger partial charge in [0.25, 0.3) is 0 Å². The van der Waals surface area contributed by atoms with Crippen LogP contribution >= 0.6 is 11.6 Å². The minimum atomic E-state index is 0.0969. The Hall–Kier alpha value is -2.26. The molecule has 0 aliphatic carbocycles. The molecule has 3 aromatic rings. The number of nitrogens with zero attached hydrogens (tertiary/aromatic N) is 1. The summed E-state index contributed by atoms with van der Waals surface area (Å²) in [6.45, 7) is 2.00. The molecule has 0 saturated heterocycles. The zero-order chi connectivity index (χ0) is 14.1. The van der Waals surface area contributed by atoms with Crippen LogP contribution in [0.4, 0.5) is 5.69 Å². The summed E-state index contributed by atoms with van der Waals surface area (Å²) in [5.41, 5.74) is 3.44. The van der Waals surface area contributed by atoms with Crippen LogP contribution < -0.4 is 0 Å². The van der Waals surface area contributed by atoms with Crippen LogP contribution in [0, 0.1) is 6.92 Å². The van der Waals surface area contributed by atoms with Gasteiger partial charge in [-0.05, 0) is 36.8 Å². The molecule has 3 rings (SSSR count). The SMILES string of the molecule is Cc1ccccc1N=Cc1c(O)[nH]c2ccc(Cl)cc12. The van der Waals surface area contributed by atoms with Crippen molar-refractivity contribution < 1.29 is 5.11 Å². The van der Waals surface area contributed by atoms with Crippen molar-refractivity contribution in [2.24, 2.45) is 4.99 Å². The van der Waals surface area contributed by atoms with Crippen molar-refractivity contribution in [2.75, 3.05) is 0 Å². The number of aryl methyl sites for hydroxylation is 1. The van der Waals surface area contributed by atoms with Gasteiger partial charge in [0.1, 0.15) is 0 Å². The first-order chi connectivity index (χ1) is 9.65. The summed E-state index contributed by atoms with van der Waals surface area (Å²) >= 11 is 6.00. The highest BCUT2D eigenvalue weighted by atomic mass is 35.5. The predicted octanol–water partition coefficient (Wildman–Crippen LogP) is 4.59. The van der Waals surface area contributed by atoms with Gasteiger partial charge in [0.2, 0.25) is 0 Å². The number of aromatic amines is 1. The molecule has 0 spiro atoms. The van der Waals surface area contributed by atoms with Gasteiger partial charge in [-0.2, -0.15) is 0 Å². The summed E-state index contributed by atoms with van der Waals surface area (Å²) in [5.74, 6) is 0.0969. The fourth-order valence-corrected chi connectivity index (χ4v) is 2.32. The first kappa shape index (κ1) is 12.8. The molecule has 0 atom stereocenters. The molecular weight excluding hydrogens is 272 g/mol. The number of aliphatic imine (C=N–C) groups is 1. The van der Waals surface area contributed by atoms with E-state index in [0.717, 1.165) is 22.2 Å². The number of nitrogens with one attached hydrogen (secondary N) is 1. The fourth-order valence-electron chi connectivity index (χ4n) is 2.14. The van der Waals surface area contributed by atoms with Gasteiger partial charge in [0, 0.05) is 22.1 Å². The van der Waals surface area contributed by atoms with E-state index in [0.29, 0.717) is 10.6 Å². The zero-order valence-corrected chi connectivity index (χ0v) is 11.6. The molecule has 1 heterocycles. The lowest BCUT2D eigenvalue weighted by atomic mass is 10.2. The van der Waals surface area contributed by atoms with Crippen LogP contribution in [0.15, 0.2) is 47.5 Å². The van der Waals surface area contributed by atoms with Crippen molar-refractivity contribution in [2.45, 2.75) is 6.92 Å². The van der Waals surface area contributed by atoms with Gasteiger partial charge in [-0.3, -0.25) is 4.99 Å². The normalized spacial score (nSPS) is 11.5. The van der Waals surface area contributed by atoms with Gasteiger partial charge >= 0.3 is 0 Å². The number of para-hydroxylation sites is 1. The Morgan fingerprint density at radius 3 is 2.80 bits per heavy atom. The van der Waals surface area contributed by atoms with E-state index in [1.807, 2.05) is 43.3 Å². The number of H-pyrrole nitrogens is 1. The summed E-state index contributed by atoms with van der Waals surface area (Å²) in [6.07, 6.45) is 1.66. The minimum Gasteiger partial charge on any atom is -0.494 e. The minimum absolute atomic E-state index is 0.0969. The van der Waals surface area contributed by atoms with E-state index in [-0.39, 0.29) is 5.88 Å². The van der Waals surface area contributed by atoms with Crippen LogP contribution in [-0.2, 0) is 0 Å². The van der Waals surface area contributed by atoms with E-state index in [1.54, 1.807) is 12.3 Å². The average molecular weight is 285 g/mol. The zero-order valence-electron chi connectivity index (χ0n) is 10.9. The molecule has 4 heteroatoms. The molecule has 0 aliphatic rings. The van der Waals surface area contributed by atoms with Crippen molar-refractivity contribution in [3.05, 3.63) is 58.6 Å². The van der Waals surface area contributed by atoms with Crippen LogP contribution in [-0.4, -0.2) is 16.3 Å². The van der Waals surface area contributed by atoms with Crippen molar-refractivity contribution in [1.82, 2.24) is 4.98 Å². The molecule has 20 heavy (non-hydrogen) atoms. The topological polar surface area (TPSA) is 48.4 Å². The number of aromatic hydroxyl groups is 1. The van der Waals surface area contributed by atoms with Crippen LogP contribution in [0.25, 0.3) is 10.9 Å². The van der Waals surface area contributed by atoms with Crippen LogP contribution in [0.2, 0.25) is 5.02 Å². The summed E-state index contributed by atoms with van der Waals surface area (Å²) in [5, 5.41) is 11.5. The molecule has 0 aliphatic heterocycles. The second-order valence-electron chi connectivity index (χ2n) is 4.62. The molecule has 0 fully saturated rings. The van der Waals surface area contributed by atoms with Gasteiger partial charge in [0.15, 0.2) is 5.88 Å². The maximum Gasteiger partial charge on any atom is 0.198 e. The summed E-state index contributed by atoms with van der Waals surface area (Å²) in [7, 11) is 0. The molecule has 0 saturated carbocycles. The lowest BCUT2D eigenvalue weighted by Crippen LogP contribution is -1.80. The van der Waals surface area contributed by atoms with E-state index in [9.17, 15) is 5.11 Å². The molecule has 100 valence electrons. The molecular formula is C16H13ClN2O. The Balaban J connectivity index is 2.09. The van der Waals surface area contributed by atoms with E-state index in [4.69, 9.17) is 11.6 Å². The first-order valence-electron chi connectivity index (χ1n) is 6.25. The van der Waals surface area contributed by atoms with E-state index < -0.39 is 0 Å². The lowest BCUT2D eigenvalue weighted by molar-refractivity contribution is 0.457. The summed E-state index contributed by atoms with van der Waals surface area (Å²) in [6, 6.07) is 13.3. The van der Waals surface area contributed by atoms with Crippen LogP contribution in [0.5, 0.6) is 5.88 Å². The summed E-state index contributed by atoms with van der Waals surface area (Å²) < 4.78 is 0. The Morgan fingerprint density at radius 2 is 2.00 bits per heavy atom. The van der Waals surface area contributed by atoms with Crippen LogP contribution in [0.3, 0.4) is 0 Å². The Labute approximate surface area is 121 Å². The Bertz CT molecular complexity index is 805. The number of hydrogen-bond donors (Lipinski definition) is 2. The smallest absolute Gasteiger partial charge is 0.198 e. The maximum atomic E-state index is 9.98. The third-order valence-electron chi connectivity index (χ3n) is 3.23. The highest BCUT2D eigenvalue weighted by molar-refractivity contribution is 6.31. The van der Waals surface area contributed by atoms with Crippen molar-refractivity contribution in [3.63, 3.8) is 0 Å². The number of hydrogen-bond acceptors (Lipinski definition) is 2. The number of halogens is 1. The number of rotatable bonds is 2. The highest BCUT2D eigenvalue weighted by Gasteiger charge is 2.09. The van der Waals surface area contributed by atoms with Crippen molar-refractivity contribution >= 4 is 34.4 Å². The largest absolute Gasteiger partial charge is 0.494 e. The average Bonchev–Trinajstić information content (AvgIpc) is 2.73. The first-order valence-corrected chi connectivity index (χ1v) is 6.63. The van der Waals surface area contributed by atoms with E-state index >= 15 is 0 Å². The number of aromatic nitrogens is 1. The second kappa shape index (κ2) is 5.02. The third-order valence-corrected chi connectivity index (χ3v) is 3.46. The Morgan fingerprint density at radius 1 is 1.20 bits per heavy atom. The highest BCUT2D eigenvalue weighted by Crippen LogP contribution is 2.28. The predicted molar refractivity (Wildman–Crippen MR) is 83.4 cm³/mol. The van der Waals surface area contributed by atoms with Gasteiger partial charge in [0.05, 0.1) is 11.3 Å². The van der Waals surface area contributed by atoms with Crippen molar-refractivity contribution in [3.8, 4) is 5.88 Å². The Kier molecular flexibility index (Phi) is 3.20. The van der Waals surface area contributed by atoms with Gasteiger partial charge < -0.3 is 10.1 Å². The van der Waals surface area contributed by atoms with E-state index in [1.165, 1.54) is 0 Å². The second-order valence-corrected chi connectivity index (χ2v) is 5.06. The number of benzene rings is 2.